The number of carbonyl (C=O) groups is 1. The number of nitrogens with zero attached hydrogens (tertiary/aromatic N) is 5. The van der Waals surface area contributed by atoms with E-state index in [2.05, 4.69) is 15.3 Å². The first-order chi connectivity index (χ1) is 14.2. The van der Waals surface area contributed by atoms with Gasteiger partial charge in [-0.15, -0.1) is 15.3 Å². The number of alkyl halides is 3. The molecule has 3 heterocycles. The van der Waals surface area contributed by atoms with Gasteiger partial charge in [0.05, 0.1) is 10.9 Å². The molecule has 0 saturated carbocycles. The summed E-state index contributed by atoms with van der Waals surface area (Å²) < 4.78 is 45.2. The van der Waals surface area contributed by atoms with Crippen molar-refractivity contribution in [2.75, 3.05) is 18.0 Å². The molecule has 158 valence electrons. The van der Waals surface area contributed by atoms with Gasteiger partial charge in [-0.05, 0) is 37.1 Å². The average molecular weight is 460 g/mol. The first-order valence-electron chi connectivity index (χ1n) is 8.94. The number of fused-ring (bicyclic) bond motifs is 1. The van der Waals surface area contributed by atoms with Crippen molar-refractivity contribution in [3.8, 4) is 5.75 Å². The minimum absolute atomic E-state index is 0.00272. The number of hydrogen-bond donors (Lipinski definition) is 0. The van der Waals surface area contributed by atoms with Crippen LogP contribution in [0.5, 0.6) is 5.75 Å². The Balaban J connectivity index is 1.44. The summed E-state index contributed by atoms with van der Waals surface area (Å²) in [6.45, 7) is 0.843. The highest BCUT2D eigenvalue weighted by molar-refractivity contribution is 6.34. The van der Waals surface area contributed by atoms with Gasteiger partial charge in [-0.3, -0.25) is 4.79 Å². The number of hydrogen-bond acceptors (Lipinski definition) is 6. The van der Waals surface area contributed by atoms with Crippen LogP contribution in [0.4, 0.5) is 19.0 Å². The number of anilines is 1. The lowest BCUT2D eigenvalue weighted by Gasteiger charge is -2.31. The largest absolute Gasteiger partial charge is 0.453 e. The number of carbonyl (C=O) groups excluding carboxylic acids is 1. The molecule has 0 radical (unpaired) electrons. The number of benzene rings is 1. The number of piperidine rings is 1. The maximum atomic E-state index is 13.1. The van der Waals surface area contributed by atoms with Crippen molar-refractivity contribution in [1.82, 2.24) is 19.8 Å². The van der Waals surface area contributed by atoms with E-state index in [0.717, 1.165) is 0 Å². The summed E-state index contributed by atoms with van der Waals surface area (Å²) in [5.74, 6) is -1.45. The molecule has 1 fully saturated rings. The van der Waals surface area contributed by atoms with Gasteiger partial charge in [0.15, 0.2) is 11.4 Å². The van der Waals surface area contributed by atoms with Crippen LogP contribution in [-0.2, 0) is 11.0 Å². The Morgan fingerprint density at radius 3 is 2.53 bits per heavy atom. The molecule has 0 atom stereocenters. The van der Waals surface area contributed by atoms with Crippen LogP contribution in [0.1, 0.15) is 18.7 Å². The highest BCUT2D eigenvalue weighted by Gasteiger charge is 2.38. The Hall–Kier alpha value is -2.59. The lowest BCUT2D eigenvalue weighted by molar-refractivity contribution is -0.146. The summed E-state index contributed by atoms with van der Waals surface area (Å²) >= 11 is 11.9. The predicted molar refractivity (Wildman–Crippen MR) is 103 cm³/mol. The second-order valence-corrected chi connectivity index (χ2v) is 7.58. The molecule has 0 unspecified atom stereocenters. The molecular weight excluding hydrogens is 446 g/mol. The maximum absolute atomic E-state index is 13.1. The third-order valence-corrected chi connectivity index (χ3v) is 5.31. The summed E-state index contributed by atoms with van der Waals surface area (Å²) in [4.78, 5) is 14.3. The normalized spacial score (nSPS) is 15.6. The van der Waals surface area contributed by atoms with Crippen LogP contribution in [0.3, 0.4) is 0 Å². The maximum Gasteiger partial charge on any atom is 0.453 e. The van der Waals surface area contributed by atoms with E-state index >= 15 is 0 Å². The van der Waals surface area contributed by atoms with Crippen molar-refractivity contribution in [2.45, 2.75) is 19.0 Å². The molecule has 0 amide bonds. The molecule has 1 saturated heterocycles. The molecule has 3 aromatic rings. The fourth-order valence-electron chi connectivity index (χ4n) is 3.22. The van der Waals surface area contributed by atoms with Crippen molar-refractivity contribution in [3.63, 3.8) is 0 Å². The lowest BCUT2D eigenvalue weighted by Crippen LogP contribution is -2.38. The lowest BCUT2D eigenvalue weighted by atomic mass is 9.97. The molecule has 1 aliphatic heterocycles. The number of aromatic nitrogens is 4. The molecule has 7 nitrogen and oxygen atoms in total. The van der Waals surface area contributed by atoms with Crippen molar-refractivity contribution >= 4 is 40.6 Å². The number of esters is 1. The molecule has 1 aliphatic rings. The zero-order valence-corrected chi connectivity index (χ0v) is 16.7. The molecule has 1 aromatic carbocycles. The molecule has 0 spiro atoms. The predicted octanol–water partition coefficient (Wildman–Crippen LogP) is 4.27. The van der Waals surface area contributed by atoms with E-state index in [1.807, 2.05) is 0 Å². The quantitative estimate of drug-likeness (QED) is 0.430. The fraction of sp³-hybridized carbons (Fsp3) is 0.333. The first-order valence-corrected chi connectivity index (χ1v) is 9.69. The van der Waals surface area contributed by atoms with Gasteiger partial charge in [-0.25, -0.2) is 0 Å². The monoisotopic (exact) mass is 459 g/mol. The smallest absolute Gasteiger partial charge is 0.425 e. The van der Waals surface area contributed by atoms with Crippen molar-refractivity contribution in [2.24, 2.45) is 5.92 Å². The van der Waals surface area contributed by atoms with Crippen LogP contribution in [0.25, 0.3) is 5.65 Å². The standard InChI is InChI=1S/C18H14Cl2F3N5O2/c19-11-1-2-12(20)13(9-11)30-16(29)10-5-7-27(8-6-10)15-4-3-14-24-25-17(18(21,22)23)28(14)26-15/h1-4,9-10H,5-8H2. The summed E-state index contributed by atoms with van der Waals surface area (Å²) in [5, 5.41) is 11.4. The molecule has 12 heteroatoms. The van der Waals surface area contributed by atoms with Crippen LogP contribution >= 0.6 is 23.2 Å². The van der Waals surface area contributed by atoms with Crippen LogP contribution in [-0.4, -0.2) is 38.9 Å². The van der Waals surface area contributed by atoms with Crippen molar-refractivity contribution in [1.29, 1.82) is 0 Å². The van der Waals surface area contributed by atoms with Crippen LogP contribution in [0.2, 0.25) is 10.0 Å². The molecule has 0 aliphatic carbocycles. The number of rotatable bonds is 3. The van der Waals surface area contributed by atoms with Crippen LogP contribution < -0.4 is 9.64 Å². The third-order valence-electron chi connectivity index (χ3n) is 4.76. The second kappa shape index (κ2) is 7.92. The van der Waals surface area contributed by atoms with Gasteiger partial charge in [0.25, 0.3) is 5.82 Å². The molecule has 2 aromatic heterocycles. The highest BCUT2D eigenvalue weighted by atomic mass is 35.5. The van der Waals surface area contributed by atoms with Gasteiger partial charge in [-0.2, -0.15) is 17.7 Å². The van der Waals surface area contributed by atoms with Gasteiger partial charge < -0.3 is 9.64 Å². The van der Waals surface area contributed by atoms with Crippen LogP contribution in [0, 0.1) is 5.92 Å². The molecule has 4 rings (SSSR count). The van der Waals surface area contributed by atoms with E-state index in [0.29, 0.717) is 41.3 Å². The Kier molecular flexibility index (Phi) is 5.46. The molecular formula is C18H14Cl2F3N5O2. The summed E-state index contributed by atoms with van der Waals surface area (Å²) in [5.41, 5.74) is 0.00272. The first kappa shape index (κ1) is 20.7. The van der Waals surface area contributed by atoms with E-state index in [4.69, 9.17) is 27.9 Å². The Morgan fingerprint density at radius 2 is 1.83 bits per heavy atom. The third kappa shape index (κ3) is 4.15. The van der Waals surface area contributed by atoms with Gasteiger partial charge in [0, 0.05) is 24.2 Å². The highest BCUT2D eigenvalue weighted by Crippen LogP contribution is 2.31. The van der Waals surface area contributed by atoms with E-state index in [1.165, 1.54) is 18.2 Å². The molecule has 0 bridgehead atoms. The zero-order chi connectivity index (χ0) is 21.5. The topological polar surface area (TPSA) is 72.6 Å². The second-order valence-electron chi connectivity index (χ2n) is 6.74. The van der Waals surface area contributed by atoms with Gasteiger partial charge in [0.2, 0.25) is 0 Å². The molecule has 0 N–H and O–H groups in total. The summed E-state index contributed by atoms with van der Waals surface area (Å²) in [7, 11) is 0. The zero-order valence-electron chi connectivity index (χ0n) is 15.2. The van der Waals surface area contributed by atoms with E-state index < -0.39 is 18.0 Å². The number of ether oxygens (including phenoxy) is 1. The minimum Gasteiger partial charge on any atom is -0.425 e. The average Bonchev–Trinajstić information content (AvgIpc) is 3.14. The van der Waals surface area contributed by atoms with E-state index in [9.17, 15) is 18.0 Å². The van der Waals surface area contributed by atoms with Gasteiger partial charge in [0.1, 0.15) is 5.82 Å². The summed E-state index contributed by atoms with van der Waals surface area (Å²) in [6, 6.07) is 7.59. The Labute approximate surface area is 178 Å². The van der Waals surface area contributed by atoms with Gasteiger partial charge >= 0.3 is 12.1 Å². The van der Waals surface area contributed by atoms with Gasteiger partial charge in [-0.1, -0.05) is 23.2 Å². The minimum atomic E-state index is -4.66. The van der Waals surface area contributed by atoms with E-state index in [-0.39, 0.29) is 22.3 Å². The van der Waals surface area contributed by atoms with E-state index in [1.54, 1.807) is 17.0 Å². The Bertz CT molecular complexity index is 1100. The van der Waals surface area contributed by atoms with Crippen LogP contribution in [0.15, 0.2) is 30.3 Å². The summed E-state index contributed by atoms with van der Waals surface area (Å²) in [6.07, 6.45) is -3.76. The SMILES string of the molecule is O=C(Oc1cc(Cl)ccc1Cl)C1CCN(c2ccc3nnc(C(F)(F)F)n3n2)CC1. The van der Waals surface area contributed by atoms with Crippen molar-refractivity contribution < 1.29 is 22.7 Å². The fourth-order valence-corrected chi connectivity index (χ4v) is 3.53. The Morgan fingerprint density at radius 1 is 1.10 bits per heavy atom. The number of halogens is 5. The van der Waals surface area contributed by atoms with Crippen molar-refractivity contribution in [3.05, 3.63) is 46.2 Å². The molecule has 30 heavy (non-hydrogen) atoms.